The molecule has 1 atom stereocenters. The van der Waals surface area contributed by atoms with Crippen LogP contribution in [0.15, 0.2) is 24.3 Å². The minimum absolute atomic E-state index is 0.156. The van der Waals surface area contributed by atoms with Crippen molar-refractivity contribution in [3.63, 3.8) is 0 Å². The van der Waals surface area contributed by atoms with Crippen LogP contribution in [0, 0.1) is 0 Å². The molecule has 22 heavy (non-hydrogen) atoms. The summed E-state index contributed by atoms with van der Waals surface area (Å²) in [5.41, 5.74) is 0.968. The van der Waals surface area contributed by atoms with Crippen LogP contribution in [0.25, 0.3) is 0 Å². The van der Waals surface area contributed by atoms with Gasteiger partial charge in [-0.05, 0) is 25.0 Å². The Morgan fingerprint density at radius 2 is 1.95 bits per heavy atom. The summed E-state index contributed by atoms with van der Waals surface area (Å²) in [5.74, 6) is -0.156. The van der Waals surface area contributed by atoms with Crippen molar-refractivity contribution in [2.24, 2.45) is 0 Å². The van der Waals surface area contributed by atoms with E-state index >= 15 is 0 Å². The molecule has 0 aromatic heterocycles. The van der Waals surface area contributed by atoms with Crippen molar-refractivity contribution in [1.82, 2.24) is 0 Å². The first kappa shape index (κ1) is 15.1. The molecule has 1 aromatic rings. The maximum atomic E-state index is 12.7. The zero-order chi connectivity index (χ0) is 15.7. The Balaban J connectivity index is 1.85. The van der Waals surface area contributed by atoms with Crippen molar-refractivity contribution in [1.29, 1.82) is 0 Å². The molecule has 2 aliphatic rings. The zero-order valence-electron chi connectivity index (χ0n) is 12.0. The van der Waals surface area contributed by atoms with Gasteiger partial charge in [0.05, 0.1) is 11.4 Å². The van der Waals surface area contributed by atoms with Gasteiger partial charge < -0.3 is 14.5 Å². The van der Waals surface area contributed by atoms with E-state index in [0.29, 0.717) is 24.4 Å². The predicted molar refractivity (Wildman–Crippen MR) is 76.0 cm³/mol. The van der Waals surface area contributed by atoms with Crippen LogP contribution >= 0.6 is 0 Å². The average molecular weight is 314 g/mol. The summed E-state index contributed by atoms with van der Waals surface area (Å²) in [6.07, 6.45) is -3.23. The summed E-state index contributed by atoms with van der Waals surface area (Å²) in [6.45, 7) is -0.0428. The second-order valence-electron chi connectivity index (χ2n) is 5.52. The molecule has 1 unspecified atom stereocenters. The molecule has 120 valence electrons. The lowest BCUT2D eigenvalue weighted by molar-refractivity contribution is -0.127. The lowest BCUT2D eigenvalue weighted by atomic mass is 10.1. The first-order chi connectivity index (χ1) is 10.5. The first-order valence-electron chi connectivity index (χ1n) is 7.29. The third-order valence-corrected chi connectivity index (χ3v) is 3.95. The lowest BCUT2D eigenvalue weighted by Crippen LogP contribution is -2.49. The SMILES string of the molecule is O=C(C1CCCO1)N1CCN(CC(F)(F)F)c2ccccc21. The van der Waals surface area contributed by atoms with E-state index in [1.54, 1.807) is 29.2 Å². The number of carbonyl (C=O) groups is 1. The Morgan fingerprint density at radius 1 is 1.23 bits per heavy atom. The summed E-state index contributed by atoms with van der Waals surface area (Å²) in [5, 5.41) is 0. The number of benzene rings is 1. The lowest BCUT2D eigenvalue weighted by Gasteiger charge is -2.38. The van der Waals surface area contributed by atoms with Crippen LogP contribution < -0.4 is 9.80 Å². The molecule has 0 radical (unpaired) electrons. The second-order valence-corrected chi connectivity index (χ2v) is 5.52. The highest BCUT2D eigenvalue weighted by atomic mass is 19.4. The van der Waals surface area contributed by atoms with Gasteiger partial charge in [-0.1, -0.05) is 12.1 Å². The number of hydrogen-bond donors (Lipinski definition) is 0. The van der Waals surface area contributed by atoms with Crippen molar-refractivity contribution >= 4 is 17.3 Å². The van der Waals surface area contributed by atoms with Crippen LogP contribution in [0.1, 0.15) is 12.8 Å². The molecular formula is C15H17F3N2O2. The molecule has 0 aliphatic carbocycles. The third kappa shape index (κ3) is 3.04. The molecule has 0 N–H and O–H groups in total. The average Bonchev–Trinajstić information content (AvgIpc) is 3.00. The normalized spacial score (nSPS) is 21.9. The largest absolute Gasteiger partial charge is 0.405 e. The van der Waals surface area contributed by atoms with Gasteiger partial charge in [0.1, 0.15) is 12.6 Å². The standard InChI is InChI=1S/C15H17F3N2O2/c16-15(17,18)10-19-7-8-20(12-5-2-1-4-11(12)19)14(21)13-6-3-9-22-13/h1-2,4-5,13H,3,6-10H2. The molecule has 3 rings (SSSR count). The van der Waals surface area contributed by atoms with Crippen molar-refractivity contribution in [3.05, 3.63) is 24.3 Å². The molecule has 2 heterocycles. The van der Waals surface area contributed by atoms with Crippen molar-refractivity contribution in [2.75, 3.05) is 36.0 Å². The minimum atomic E-state index is -4.27. The smallest absolute Gasteiger partial charge is 0.368 e. The summed E-state index contributed by atoms with van der Waals surface area (Å²) >= 11 is 0. The van der Waals surface area contributed by atoms with Gasteiger partial charge >= 0.3 is 6.18 Å². The summed E-state index contributed by atoms with van der Waals surface area (Å²) in [4.78, 5) is 15.3. The fourth-order valence-corrected chi connectivity index (χ4v) is 2.98. The van der Waals surface area contributed by atoms with Gasteiger partial charge in [0, 0.05) is 19.7 Å². The van der Waals surface area contributed by atoms with Gasteiger partial charge in [-0.15, -0.1) is 0 Å². The number of nitrogens with zero attached hydrogens (tertiary/aromatic N) is 2. The van der Waals surface area contributed by atoms with Gasteiger partial charge in [0.2, 0.25) is 0 Å². The Bertz CT molecular complexity index is 556. The van der Waals surface area contributed by atoms with Crippen LogP contribution in [-0.4, -0.2) is 44.4 Å². The van der Waals surface area contributed by atoms with Crippen LogP contribution in [-0.2, 0) is 9.53 Å². The fourth-order valence-electron chi connectivity index (χ4n) is 2.98. The Labute approximate surface area is 126 Å². The molecule has 4 nitrogen and oxygen atoms in total. The molecule has 1 saturated heterocycles. The monoisotopic (exact) mass is 314 g/mol. The number of carbonyl (C=O) groups excluding carboxylic acids is 1. The molecule has 0 spiro atoms. The van der Waals surface area contributed by atoms with Crippen LogP contribution in [0.2, 0.25) is 0 Å². The fraction of sp³-hybridized carbons (Fsp3) is 0.533. The summed E-state index contributed by atoms with van der Waals surface area (Å²) in [7, 11) is 0. The number of ether oxygens (including phenoxy) is 1. The number of amides is 1. The van der Waals surface area contributed by atoms with Crippen LogP contribution in [0.5, 0.6) is 0 Å². The van der Waals surface area contributed by atoms with Crippen molar-refractivity contribution in [2.45, 2.75) is 25.1 Å². The number of halogens is 3. The highest BCUT2D eigenvalue weighted by Crippen LogP contribution is 2.35. The van der Waals surface area contributed by atoms with Gasteiger partial charge in [-0.25, -0.2) is 0 Å². The number of anilines is 2. The van der Waals surface area contributed by atoms with E-state index in [1.807, 2.05) is 0 Å². The third-order valence-electron chi connectivity index (χ3n) is 3.95. The Kier molecular flexibility index (Phi) is 3.99. The highest BCUT2D eigenvalue weighted by molar-refractivity contribution is 6.00. The molecule has 7 heteroatoms. The van der Waals surface area contributed by atoms with Crippen molar-refractivity contribution in [3.8, 4) is 0 Å². The van der Waals surface area contributed by atoms with Gasteiger partial charge in [0.25, 0.3) is 5.91 Å². The number of hydrogen-bond acceptors (Lipinski definition) is 3. The first-order valence-corrected chi connectivity index (χ1v) is 7.29. The summed E-state index contributed by atoms with van der Waals surface area (Å²) < 4.78 is 43.5. The van der Waals surface area contributed by atoms with E-state index in [0.717, 1.165) is 6.42 Å². The molecule has 0 saturated carbocycles. The molecule has 1 fully saturated rings. The molecule has 0 bridgehead atoms. The Hall–Kier alpha value is -1.76. The number of rotatable bonds is 2. The van der Waals surface area contributed by atoms with E-state index in [4.69, 9.17) is 4.74 Å². The van der Waals surface area contributed by atoms with Crippen LogP contribution in [0.4, 0.5) is 24.5 Å². The maximum absolute atomic E-state index is 12.7. The van der Waals surface area contributed by atoms with Crippen LogP contribution in [0.3, 0.4) is 0 Å². The minimum Gasteiger partial charge on any atom is -0.368 e. The zero-order valence-corrected chi connectivity index (χ0v) is 12.0. The van der Waals surface area contributed by atoms with E-state index in [1.165, 1.54) is 4.90 Å². The van der Waals surface area contributed by atoms with Gasteiger partial charge in [0.15, 0.2) is 0 Å². The van der Waals surface area contributed by atoms with Crippen molar-refractivity contribution < 1.29 is 22.7 Å². The van der Waals surface area contributed by atoms with Gasteiger partial charge in [-0.2, -0.15) is 13.2 Å². The Morgan fingerprint density at radius 3 is 2.59 bits per heavy atom. The second kappa shape index (κ2) is 5.79. The van der Waals surface area contributed by atoms with E-state index in [9.17, 15) is 18.0 Å². The topological polar surface area (TPSA) is 32.8 Å². The van der Waals surface area contributed by atoms with Gasteiger partial charge in [-0.3, -0.25) is 4.79 Å². The quantitative estimate of drug-likeness (QED) is 0.841. The van der Waals surface area contributed by atoms with E-state index in [-0.39, 0.29) is 19.0 Å². The maximum Gasteiger partial charge on any atom is 0.405 e. The molecule has 1 amide bonds. The summed E-state index contributed by atoms with van der Waals surface area (Å²) in [6, 6.07) is 6.72. The number of para-hydroxylation sites is 2. The predicted octanol–water partition coefficient (Wildman–Crippen LogP) is 2.58. The van der Waals surface area contributed by atoms with E-state index < -0.39 is 18.8 Å². The highest BCUT2D eigenvalue weighted by Gasteiger charge is 2.37. The molecular weight excluding hydrogens is 297 g/mol. The number of fused-ring (bicyclic) bond motifs is 1. The molecule has 1 aromatic carbocycles. The molecule has 2 aliphatic heterocycles. The van der Waals surface area contributed by atoms with E-state index in [2.05, 4.69) is 0 Å². The number of alkyl halides is 3.